The maximum atomic E-state index is 12.6. The molecule has 3 rings (SSSR count). The third kappa shape index (κ3) is 5.23. The van der Waals surface area contributed by atoms with E-state index in [4.69, 9.17) is 16.3 Å². The molecule has 27 heavy (non-hydrogen) atoms. The SMILES string of the molecule is Cc1ccc(OCC(=O)NC2CCN(C(=O)c3ccccc3Cl)CC2)cc1. The highest BCUT2D eigenvalue weighted by Crippen LogP contribution is 2.20. The molecule has 0 saturated carbocycles. The van der Waals surface area contributed by atoms with Gasteiger partial charge in [0.2, 0.25) is 0 Å². The van der Waals surface area contributed by atoms with Crippen LogP contribution in [0.25, 0.3) is 0 Å². The van der Waals surface area contributed by atoms with Crippen LogP contribution in [0.3, 0.4) is 0 Å². The van der Waals surface area contributed by atoms with Crippen molar-refractivity contribution in [3.8, 4) is 5.75 Å². The van der Waals surface area contributed by atoms with Crippen LogP contribution in [0, 0.1) is 6.92 Å². The van der Waals surface area contributed by atoms with E-state index in [1.807, 2.05) is 31.2 Å². The van der Waals surface area contributed by atoms with Crippen LogP contribution in [0.15, 0.2) is 48.5 Å². The van der Waals surface area contributed by atoms with Gasteiger partial charge in [0.05, 0.1) is 10.6 Å². The highest BCUT2D eigenvalue weighted by Gasteiger charge is 2.25. The van der Waals surface area contributed by atoms with E-state index in [9.17, 15) is 9.59 Å². The summed E-state index contributed by atoms with van der Waals surface area (Å²) in [6.07, 6.45) is 1.43. The van der Waals surface area contributed by atoms with Gasteiger partial charge in [-0.05, 0) is 44.0 Å². The predicted octanol–water partition coefficient (Wildman–Crippen LogP) is 3.45. The first-order chi connectivity index (χ1) is 13.0. The number of hydrogen-bond donors (Lipinski definition) is 1. The molecule has 1 aliphatic heterocycles. The van der Waals surface area contributed by atoms with Gasteiger partial charge in [0.15, 0.2) is 6.61 Å². The van der Waals surface area contributed by atoms with Gasteiger partial charge in [-0.2, -0.15) is 0 Å². The number of likely N-dealkylation sites (tertiary alicyclic amines) is 1. The minimum absolute atomic E-state index is 0.0121. The van der Waals surface area contributed by atoms with E-state index in [0.717, 1.165) is 5.56 Å². The van der Waals surface area contributed by atoms with E-state index < -0.39 is 0 Å². The number of ether oxygens (including phenoxy) is 1. The molecule has 6 heteroatoms. The van der Waals surface area contributed by atoms with Gasteiger partial charge in [0.25, 0.3) is 11.8 Å². The van der Waals surface area contributed by atoms with Crippen molar-refractivity contribution < 1.29 is 14.3 Å². The number of nitrogens with zero attached hydrogens (tertiary/aromatic N) is 1. The highest BCUT2D eigenvalue weighted by atomic mass is 35.5. The van der Waals surface area contributed by atoms with Crippen LogP contribution in [0.5, 0.6) is 5.75 Å². The summed E-state index contributed by atoms with van der Waals surface area (Å²) in [5, 5.41) is 3.45. The Bertz CT molecular complexity index is 799. The van der Waals surface area contributed by atoms with Crippen molar-refractivity contribution in [2.24, 2.45) is 0 Å². The molecule has 0 unspecified atom stereocenters. The Balaban J connectivity index is 1.43. The number of piperidine rings is 1. The molecule has 0 aromatic heterocycles. The maximum absolute atomic E-state index is 12.6. The summed E-state index contributed by atoms with van der Waals surface area (Å²) >= 11 is 6.11. The van der Waals surface area contributed by atoms with E-state index in [1.165, 1.54) is 0 Å². The van der Waals surface area contributed by atoms with Crippen LogP contribution in [0.4, 0.5) is 0 Å². The number of carbonyl (C=O) groups is 2. The number of carbonyl (C=O) groups excluding carboxylic acids is 2. The first kappa shape index (κ1) is 19.2. The third-order valence-electron chi connectivity index (χ3n) is 4.64. The lowest BCUT2D eigenvalue weighted by Crippen LogP contribution is -2.47. The largest absolute Gasteiger partial charge is 0.484 e. The second kappa shape index (κ2) is 8.91. The number of rotatable bonds is 5. The van der Waals surface area contributed by atoms with Gasteiger partial charge < -0.3 is 15.0 Å². The Labute approximate surface area is 164 Å². The second-order valence-electron chi connectivity index (χ2n) is 6.72. The Hall–Kier alpha value is -2.53. The van der Waals surface area contributed by atoms with Gasteiger partial charge in [-0.3, -0.25) is 9.59 Å². The maximum Gasteiger partial charge on any atom is 0.258 e. The van der Waals surface area contributed by atoms with Crippen molar-refractivity contribution in [3.05, 3.63) is 64.7 Å². The zero-order valence-electron chi connectivity index (χ0n) is 15.3. The van der Waals surface area contributed by atoms with Crippen molar-refractivity contribution in [2.45, 2.75) is 25.8 Å². The number of hydrogen-bond acceptors (Lipinski definition) is 3. The lowest BCUT2D eigenvalue weighted by molar-refractivity contribution is -0.124. The van der Waals surface area contributed by atoms with Crippen LogP contribution < -0.4 is 10.1 Å². The standard InChI is InChI=1S/C21H23ClN2O3/c1-15-6-8-17(9-7-15)27-14-20(25)23-16-10-12-24(13-11-16)21(26)18-4-2-3-5-19(18)22/h2-9,16H,10-14H2,1H3,(H,23,25). The number of halogens is 1. The molecule has 5 nitrogen and oxygen atoms in total. The van der Waals surface area contributed by atoms with Crippen molar-refractivity contribution in [2.75, 3.05) is 19.7 Å². The molecule has 0 atom stereocenters. The van der Waals surface area contributed by atoms with E-state index >= 15 is 0 Å². The summed E-state index contributed by atoms with van der Waals surface area (Å²) in [5.74, 6) is 0.468. The zero-order chi connectivity index (χ0) is 19.2. The molecular weight excluding hydrogens is 364 g/mol. The summed E-state index contributed by atoms with van der Waals surface area (Å²) < 4.78 is 5.50. The van der Waals surface area contributed by atoms with Gasteiger partial charge in [0.1, 0.15) is 5.75 Å². The first-order valence-corrected chi connectivity index (χ1v) is 9.43. The Morgan fingerprint density at radius 3 is 2.44 bits per heavy atom. The number of amides is 2. The molecule has 142 valence electrons. The molecule has 2 amide bonds. The smallest absolute Gasteiger partial charge is 0.258 e. The minimum atomic E-state index is -0.147. The Kier molecular flexibility index (Phi) is 6.35. The third-order valence-corrected chi connectivity index (χ3v) is 4.97. The summed E-state index contributed by atoms with van der Waals surface area (Å²) in [6, 6.07) is 14.7. The number of benzene rings is 2. The summed E-state index contributed by atoms with van der Waals surface area (Å²) in [6.45, 7) is 3.17. The summed E-state index contributed by atoms with van der Waals surface area (Å²) in [4.78, 5) is 26.5. The Morgan fingerprint density at radius 1 is 1.11 bits per heavy atom. The average molecular weight is 387 g/mol. The highest BCUT2D eigenvalue weighted by molar-refractivity contribution is 6.33. The molecule has 1 heterocycles. The van der Waals surface area contributed by atoms with Gasteiger partial charge in [-0.1, -0.05) is 41.4 Å². The topological polar surface area (TPSA) is 58.6 Å². The molecule has 1 N–H and O–H groups in total. The van der Waals surface area contributed by atoms with Gasteiger partial charge in [-0.15, -0.1) is 0 Å². The van der Waals surface area contributed by atoms with Crippen LogP contribution in [0.2, 0.25) is 5.02 Å². The van der Waals surface area contributed by atoms with Gasteiger partial charge >= 0.3 is 0 Å². The van der Waals surface area contributed by atoms with Crippen LogP contribution in [-0.4, -0.2) is 42.5 Å². The number of nitrogens with one attached hydrogen (secondary N) is 1. The van der Waals surface area contributed by atoms with Gasteiger partial charge in [-0.25, -0.2) is 0 Å². The van der Waals surface area contributed by atoms with Crippen molar-refractivity contribution >= 4 is 23.4 Å². The quantitative estimate of drug-likeness (QED) is 0.856. The molecule has 2 aromatic rings. The lowest BCUT2D eigenvalue weighted by Gasteiger charge is -2.32. The monoisotopic (exact) mass is 386 g/mol. The van der Waals surface area contributed by atoms with E-state index in [0.29, 0.717) is 42.3 Å². The average Bonchev–Trinajstić information content (AvgIpc) is 2.68. The molecule has 0 aliphatic carbocycles. The molecule has 0 spiro atoms. The predicted molar refractivity (Wildman–Crippen MR) is 105 cm³/mol. The van der Waals surface area contributed by atoms with E-state index in [1.54, 1.807) is 29.2 Å². The van der Waals surface area contributed by atoms with Gasteiger partial charge in [0, 0.05) is 19.1 Å². The second-order valence-corrected chi connectivity index (χ2v) is 7.12. The van der Waals surface area contributed by atoms with Crippen LogP contribution >= 0.6 is 11.6 Å². The number of aryl methyl sites for hydroxylation is 1. The van der Waals surface area contributed by atoms with Crippen LogP contribution in [0.1, 0.15) is 28.8 Å². The summed E-state index contributed by atoms with van der Waals surface area (Å²) in [7, 11) is 0. The Morgan fingerprint density at radius 2 is 1.78 bits per heavy atom. The molecule has 0 bridgehead atoms. The minimum Gasteiger partial charge on any atom is -0.484 e. The molecule has 2 aromatic carbocycles. The first-order valence-electron chi connectivity index (χ1n) is 9.05. The van der Waals surface area contributed by atoms with Crippen molar-refractivity contribution in [3.63, 3.8) is 0 Å². The van der Waals surface area contributed by atoms with E-state index in [-0.39, 0.29) is 24.5 Å². The molecule has 1 aliphatic rings. The lowest BCUT2D eigenvalue weighted by atomic mass is 10.0. The fraction of sp³-hybridized carbons (Fsp3) is 0.333. The normalized spacial score (nSPS) is 14.7. The van der Waals surface area contributed by atoms with Crippen molar-refractivity contribution in [1.29, 1.82) is 0 Å². The fourth-order valence-electron chi connectivity index (χ4n) is 3.08. The molecule has 1 fully saturated rings. The summed E-state index contributed by atoms with van der Waals surface area (Å²) in [5.41, 5.74) is 1.66. The van der Waals surface area contributed by atoms with Crippen LogP contribution in [-0.2, 0) is 4.79 Å². The molecule has 0 radical (unpaired) electrons. The molecular formula is C21H23ClN2O3. The van der Waals surface area contributed by atoms with Crippen molar-refractivity contribution in [1.82, 2.24) is 10.2 Å². The zero-order valence-corrected chi connectivity index (χ0v) is 16.0. The fourth-order valence-corrected chi connectivity index (χ4v) is 3.30. The van der Waals surface area contributed by atoms with E-state index in [2.05, 4.69) is 5.32 Å². The molecule has 1 saturated heterocycles.